The minimum absolute atomic E-state index is 0.482. The van der Waals surface area contributed by atoms with Gasteiger partial charge in [0.2, 0.25) is 5.95 Å². The molecule has 1 fully saturated rings. The predicted octanol–water partition coefficient (Wildman–Crippen LogP) is 4.31. The standard InChI is InChI=1S/C20H22BrN5O/c1-14-12-15(21)13-18-19(14)23-20(25-24-18)22-16-4-6-17(7-5-16)27-11-10-26-8-2-3-9-26/h4-7,12-13H,2-3,8-11H2,1H3,(H,22,23,25). The lowest BCUT2D eigenvalue weighted by molar-refractivity contribution is 0.238. The van der Waals surface area contributed by atoms with Crippen molar-refractivity contribution >= 4 is 38.6 Å². The fourth-order valence-electron chi connectivity index (χ4n) is 3.28. The predicted molar refractivity (Wildman–Crippen MR) is 111 cm³/mol. The Hall–Kier alpha value is -2.25. The van der Waals surface area contributed by atoms with Crippen molar-refractivity contribution in [3.63, 3.8) is 0 Å². The highest BCUT2D eigenvalue weighted by molar-refractivity contribution is 9.10. The number of rotatable bonds is 6. The summed E-state index contributed by atoms with van der Waals surface area (Å²) in [7, 11) is 0. The highest BCUT2D eigenvalue weighted by atomic mass is 79.9. The number of hydrogen-bond acceptors (Lipinski definition) is 6. The van der Waals surface area contributed by atoms with E-state index in [9.17, 15) is 0 Å². The van der Waals surface area contributed by atoms with Gasteiger partial charge in [-0.1, -0.05) is 15.9 Å². The van der Waals surface area contributed by atoms with Gasteiger partial charge in [-0.2, -0.15) is 0 Å². The lowest BCUT2D eigenvalue weighted by Crippen LogP contribution is -2.25. The Morgan fingerprint density at radius 3 is 2.67 bits per heavy atom. The summed E-state index contributed by atoms with van der Waals surface area (Å²) < 4.78 is 6.82. The molecule has 1 N–H and O–H groups in total. The van der Waals surface area contributed by atoms with Crippen molar-refractivity contribution in [1.29, 1.82) is 0 Å². The van der Waals surface area contributed by atoms with Gasteiger partial charge in [-0.25, -0.2) is 4.98 Å². The van der Waals surface area contributed by atoms with Gasteiger partial charge in [0.15, 0.2) is 0 Å². The summed E-state index contributed by atoms with van der Waals surface area (Å²) in [6.45, 7) is 6.12. The molecule has 0 amide bonds. The van der Waals surface area contributed by atoms with Gasteiger partial charge < -0.3 is 10.1 Å². The molecule has 2 heterocycles. The quantitative estimate of drug-likeness (QED) is 0.631. The first-order valence-corrected chi connectivity index (χ1v) is 9.99. The number of anilines is 2. The van der Waals surface area contributed by atoms with E-state index >= 15 is 0 Å². The lowest BCUT2D eigenvalue weighted by atomic mass is 10.2. The molecular formula is C20H22BrN5O. The lowest BCUT2D eigenvalue weighted by Gasteiger charge is -2.15. The Morgan fingerprint density at radius 2 is 1.89 bits per heavy atom. The molecular weight excluding hydrogens is 406 g/mol. The van der Waals surface area contributed by atoms with Crippen LogP contribution < -0.4 is 10.1 Å². The molecule has 0 aliphatic carbocycles. The van der Waals surface area contributed by atoms with E-state index in [1.54, 1.807) is 0 Å². The maximum atomic E-state index is 5.84. The first-order valence-electron chi connectivity index (χ1n) is 9.20. The Kier molecular flexibility index (Phi) is 5.50. The van der Waals surface area contributed by atoms with Crippen LogP contribution in [0.15, 0.2) is 40.9 Å². The normalized spacial score (nSPS) is 14.6. The first-order chi connectivity index (χ1) is 13.2. The molecule has 3 aromatic rings. The highest BCUT2D eigenvalue weighted by Gasteiger charge is 2.11. The van der Waals surface area contributed by atoms with Crippen LogP contribution in [0.5, 0.6) is 5.75 Å². The number of aromatic nitrogens is 3. The number of aryl methyl sites for hydroxylation is 1. The van der Waals surface area contributed by atoms with E-state index in [4.69, 9.17) is 4.74 Å². The van der Waals surface area contributed by atoms with Gasteiger partial charge in [0.1, 0.15) is 17.9 Å². The summed E-state index contributed by atoms with van der Waals surface area (Å²) in [6, 6.07) is 11.8. The second-order valence-corrected chi connectivity index (χ2v) is 7.69. The van der Waals surface area contributed by atoms with Crippen LogP contribution >= 0.6 is 15.9 Å². The summed E-state index contributed by atoms with van der Waals surface area (Å²) >= 11 is 3.47. The van der Waals surface area contributed by atoms with E-state index in [0.29, 0.717) is 5.95 Å². The maximum absolute atomic E-state index is 5.84. The Bertz CT molecular complexity index is 926. The zero-order valence-corrected chi connectivity index (χ0v) is 16.9. The van der Waals surface area contributed by atoms with E-state index in [0.717, 1.165) is 45.7 Å². The molecule has 27 heavy (non-hydrogen) atoms. The topological polar surface area (TPSA) is 63.2 Å². The molecule has 0 radical (unpaired) electrons. The van der Waals surface area contributed by atoms with Gasteiger partial charge in [0.25, 0.3) is 0 Å². The molecule has 0 atom stereocenters. The number of nitrogens with one attached hydrogen (secondary N) is 1. The second-order valence-electron chi connectivity index (χ2n) is 6.77. The number of ether oxygens (including phenoxy) is 1. The monoisotopic (exact) mass is 427 g/mol. The summed E-state index contributed by atoms with van der Waals surface area (Å²) in [6.07, 6.45) is 2.62. The third-order valence-electron chi connectivity index (χ3n) is 4.70. The Morgan fingerprint density at radius 1 is 1.11 bits per heavy atom. The molecule has 1 saturated heterocycles. The highest BCUT2D eigenvalue weighted by Crippen LogP contribution is 2.23. The zero-order valence-electron chi connectivity index (χ0n) is 15.3. The number of fused-ring (bicyclic) bond motifs is 1. The number of hydrogen-bond donors (Lipinski definition) is 1. The summed E-state index contributed by atoms with van der Waals surface area (Å²) in [5.41, 5.74) is 3.57. The van der Waals surface area contributed by atoms with Crippen LogP contribution in [-0.2, 0) is 0 Å². The third kappa shape index (κ3) is 4.54. The Balaban J connectivity index is 1.38. The largest absolute Gasteiger partial charge is 0.492 e. The van der Waals surface area contributed by atoms with Crippen LogP contribution in [0.1, 0.15) is 18.4 Å². The van der Waals surface area contributed by atoms with E-state index < -0.39 is 0 Å². The summed E-state index contributed by atoms with van der Waals surface area (Å²) in [4.78, 5) is 7.03. The molecule has 6 nitrogen and oxygen atoms in total. The van der Waals surface area contributed by atoms with Crippen molar-refractivity contribution in [2.24, 2.45) is 0 Å². The number of likely N-dealkylation sites (tertiary alicyclic amines) is 1. The number of nitrogens with zero attached hydrogens (tertiary/aromatic N) is 4. The van der Waals surface area contributed by atoms with E-state index in [1.807, 2.05) is 43.3 Å². The first kappa shape index (κ1) is 18.1. The second kappa shape index (κ2) is 8.19. The van der Waals surface area contributed by atoms with Gasteiger partial charge in [-0.3, -0.25) is 4.90 Å². The molecule has 1 aliphatic heterocycles. The Labute approximate surface area is 167 Å². The average molecular weight is 428 g/mol. The molecule has 1 aliphatic rings. The van der Waals surface area contributed by atoms with Crippen molar-refractivity contribution in [2.45, 2.75) is 19.8 Å². The van der Waals surface area contributed by atoms with Crippen molar-refractivity contribution in [1.82, 2.24) is 20.1 Å². The average Bonchev–Trinajstić information content (AvgIpc) is 3.17. The molecule has 0 saturated carbocycles. The number of halogens is 1. The number of benzene rings is 2. The molecule has 1 aromatic heterocycles. The van der Waals surface area contributed by atoms with E-state index in [2.05, 4.69) is 41.3 Å². The maximum Gasteiger partial charge on any atom is 0.247 e. The van der Waals surface area contributed by atoms with Crippen molar-refractivity contribution < 1.29 is 4.74 Å². The smallest absolute Gasteiger partial charge is 0.247 e. The van der Waals surface area contributed by atoms with E-state index in [-0.39, 0.29) is 0 Å². The van der Waals surface area contributed by atoms with Gasteiger partial charge in [0.05, 0.1) is 5.52 Å². The molecule has 0 spiro atoms. The van der Waals surface area contributed by atoms with Crippen LogP contribution in [0.25, 0.3) is 11.0 Å². The zero-order chi connectivity index (χ0) is 18.6. The molecule has 0 unspecified atom stereocenters. The fourth-order valence-corrected chi connectivity index (χ4v) is 3.84. The minimum Gasteiger partial charge on any atom is -0.492 e. The third-order valence-corrected chi connectivity index (χ3v) is 5.16. The van der Waals surface area contributed by atoms with Crippen LogP contribution in [0.4, 0.5) is 11.6 Å². The van der Waals surface area contributed by atoms with Crippen LogP contribution in [-0.4, -0.2) is 46.3 Å². The van der Waals surface area contributed by atoms with Crippen LogP contribution in [0.3, 0.4) is 0 Å². The summed E-state index contributed by atoms with van der Waals surface area (Å²) in [5.74, 6) is 1.36. The van der Waals surface area contributed by atoms with Crippen molar-refractivity contribution in [3.8, 4) is 5.75 Å². The van der Waals surface area contributed by atoms with Gasteiger partial charge in [-0.05, 0) is 74.8 Å². The van der Waals surface area contributed by atoms with Gasteiger partial charge in [-0.15, -0.1) is 10.2 Å². The molecule has 0 bridgehead atoms. The van der Waals surface area contributed by atoms with Crippen molar-refractivity contribution in [2.75, 3.05) is 31.6 Å². The van der Waals surface area contributed by atoms with E-state index in [1.165, 1.54) is 25.9 Å². The summed E-state index contributed by atoms with van der Waals surface area (Å²) in [5, 5.41) is 11.6. The molecule has 4 rings (SSSR count). The van der Waals surface area contributed by atoms with Crippen molar-refractivity contribution in [3.05, 3.63) is 46.4 Å². The van der Waals surface area contributed by atoms with Crippen LogP contribution in [0.2, 0.25) is 0 Å². The van der Waals surface area contributed by atoms with Gasteiger partial charge in [0, 0.05) is 16.7 Å². The molecule has 2 aromatic carbocycles. The molecule has 140 valence electrons. The van der Waals surface area contributed by atoms with Gasteiger partial charge >= 0.3 is 0 Å². The van der Waals surface area contributed by atoms with Crippen LogP contribution in [0, 0.1) is 6.92 Å². The SMILES string of the molecule is Cc1cc(Br)cc2nnc(Nc3ccc(OCCN4CCCC4)cc3)nc12. The minimum atomic E-state index is 0.482. The molecule has 7 heteroatoms. The fraction of sp³-hybridized carbons (Fsp3) is 0.350.